The van der Waals surface area contributed by atoms with Crippen molar-refractivity contribution >= 4 is 17.3 Å². The summed E-state index contributed by atoms with van der Waals surface area (Å²) >= 11 is 0. The molecule has 21 heavy (non-hydrogen) atoms. The standard InChI is InChI=1S/C16H24N2O3/c1-10(9-16(3,4)20-5)17-12-6-7-14-13(8-12)18-15(19)11(2)21-14/h6-8,10-11,17H,9H2,1-5H3,(H,18,19). The zero-order valence-corrected chi connectivity index (χ0v) is 13.3. The molecule has 5 heteroatoms. The average molecular weight is 292 g/mol. The number of hydrogen-bond donors (Lipinski definition) is 2. The van der Waals surface area contributed by atoms with Gasteiger partial charge in [0.15, 0.2) is 6.10 Å². The Balaban J connectivity index is 2.06. The van der Waals surface area contributed by atoms with E-state index in [-0.39, 0.29) is 17.6 Å². The second kappa shape index (κ2) is 5.93. The molecule has 1 aliphatic heterocycles. The lowest BCUT2D eigenvalue weighted by Gasteiger charge is -2.28. The summed E-state index contributed by atoms with van der Waals surface area (Å²) in [5, 5.41) is 6.28. The Kier molecular flexibility index (Phi) is 4.42. The van der Waals surface area contributed by atoms with Crippen molar-refractivity contribution in [1.29, 1.82) is 0 Å². The van der Waals surface area contributed by atoms with Crippen LogP contribution in [0.4, 0.5) is 11.4 Å². The number of amides is 1. The van der Waals surface area contributed by atoms with Gasteiger partial charge in [-0.05, 0) is 52.3 Å². The number of hydrogen-bond acceptors (Lipinski definition) is 4. The van der Waals surface area contributed by atoms with Crippen molar-refractivity contribution in [2.24, 2.45) is 0 Å². The third-order valence-corrected chi connectivity index (χ3v) is 3.67. The van der Waals surface area contributed by atoms with Crippen LogP contribution in [0.1, 0.15) is 34.1 Å². The lowest BCUT2D eigenvalue weighted by atomic mass is 9.99. The molecule has 1 heterocycles. The maximum Gasteiger partial charge on any atom is 0.265 e. The molecule has 2 atom stereocenters. The Hall–Kier alpha value is -1.75. The highest BCUT2D eigenvalue weighted by molar-refractivity contribution is 5.98. The second-order valence-corrected chi connectivity index (χ2v) is 6.17. The number of methoxy groups -OCH3 is 1. The van der Waals surface area contributed by atoms with Gasteiger partial charge in [0.25, 0.3) is 5.91 Å². The smallest absolute Gasteiger partial charge is 0.265 e. The first kappa shape index (κ1) is 15.6. The maximum atomic E-state index is 11.6. The van der Waals surface area contributed by atoms with E-state index in [0.717, 1.165) is 12.1 Å². The Labute approximate surface area is 126 Å². The minimum absolute atomic E-state index is 0.117. The SMILES string of the molecule is COC(C)(C)CC(C)Nc1ccc2c(c1)NC(=O)C(C)O2. The summed E-state index contributed by atoms with van der Waals surface area (Å²) in [6, 6.07) is 5.98. The maximum absolute atomic E-state index is 11.6. The quantitative estimate of drug-likeness (QED) is 0.876. The number of nitrogens with one attached hydrogen (secondary N) is 2. The Morgan fingerprint density at radius 2 is 2.19 bits per heavy atom. The molecule has 0 fully saturated rings. The van der Waals surface area contributed by atoms with Crippen LogP contribution < -0.4 is 15.4 Å². The Morgan fingerprint density at radius 3 is 2.86 bits per heavy atom. The molecule has 2 N–H and O–H groups in total. The van der Waals surface area contributed by atoms with Gasteiger partial charge in [0.1, 0.15) is 5.75 Å². The summed E-state index contributed by atoms with van der Waals surface area (Å²) in [7, 11) is 1.72. The summed E-state index contributed by atoms with van der Waals surface area (Å²) in [4.78, 5) is 11.6. The number of carbonyl (C=O) groups excluding carboxylic acids is 1. The number of benzene rings is 1. The van der Waals surface area contributed by atoms with Crippen LogP contribution in [0.25, 0.3) is 0 Å². The van der Waals surface area contributed by atoms with E-state index in [1.165, 1.54) is 0 Å². The Bertz CT molecular complexity index is 528. The van der Waals surface area contributed by atoms with Gasteiger partial charge in [-0.2, -0.15) is 0 Å². The molecule has 1 aliphatic rings. The van der Waals surface area contributed by atoms with Crippen molar-refractivity contribution < 1.29 is 14.3 Å². The summed E-state index contributed by atoms with van der Waals surface area (Å²) in [6.07, 6.45) is 0.429. The number of carbonyl (C=O) groups is 1. The lowest BCUT2D eigenvalue weighted by Crippen LogP contribution is -2.34. The molecule has 0 saturated carbocycles. The van der Waals surface area contributed by atoms with Gasteiger partial charge in [-0.3, -0.25) is 4.79 Å². The van der Waals surface area contributed by atoms with Crippen LogP contribution in [-0.4, -0.2) is 30.8 Å². The van der Waals surface area contributed by atoms with Gasteiger partial charge in [0.05, 0.1) is 11.3 Å². The van der Waals surface area contributed by atoms with E-state index in [4.69, 9.17) is 9.47 Å². The van der Waals surface area contributed by atoms with Crippen LogP contribution in [-0.2, 0) is 9.53 Å². The minimum Gasteiger partial charge on any atom is -0.479 e. The van der Waals surface area contributed by atoms with E-state index in [1.807, 2.05) is 18.2 Å². The van der Waals surface area contributed by atoms with Crippen LogP contribution in [0.15, 0.2) is 18.2 Å². The van der Waals surface area contributed by atoms with Gasteiger partial charge in [0.2, 0.25) is 0 Å². The van der Waals surface area contributed by atoms with E-state index in [9.17, 15) is 4.79 Å². The summed E-state index contributed by atoms with van der Waals surface area (Å²) in [5.74, 6) is 0.589. The number of fused-ring (bicyclic) bond motifs is 1. The summed E-state index contributed by atoms with van der Waals surface area (Å²) in [5.41, 5.74) is 1.49. The first-order valence-electron chi connectivity index (χ1n) is 7.24. The molecule has 0 spiro atoms. The molecule has 1 aromatic rings. The molecule has 1 aromatic carbocycles. The van der Waals surface area contributed by atoms with Gasteiger partial charge < -0.3 is 20.1 Å². The van der Waals surface area contributed by atoms with Crippen molar-refractivity contribution in [2.75, 3.05) is 17.7 Å². The molecule has 0 saturated heterocycles. The fourth-order valence-electron chi connectivity index (χ4n) is 2.45. The van der Waals surface area contributed by atoms with Gasteiger partial charge in [-0.25, -0.2) is 0 Å². The second-order valence-electron chi connectivity index (χ2n) is 6.17. The highest BCUT2D eigenvalue weighted by atomic mass is 16.5. The molecular weight excluding hydrogens is 268 g/mol. The average Bonchev–Trinajstić information content (AvgIpc) is 2.40. The van der Waals surface area contributed by atoms with E-state index in [2.05, 4.69) is 31.4 Å². The van der Waals surface area contributed by atoms with Crippen molar-refractivity contribution in [3.63, 3.8) is 0 Å². The van der Waals surface area contributed by atoms with Gasteiger partial charge >= 0.3 is 0 Å². The van der Waals surface area contributed by atoms with E-state index >= 15 is 0 Å². The molecule has 2 rings (SSSR count). The number of rotatable bonds is 5. The fraction of sp³-hybridized carbons (Fsp3) is 0.562. The lowest BCUT2D eigenvalue weighted by molar-refractivity contribution is -0.122. The van der Waals surface area contributed by atoms with Crippen LogP contribution in [0.5, 0.6) is 5.75 Å². The van der Waals surface area contributed by atoms with Crippen LogP contribution >= 0.6 is 0 Å². The van der Waals surface area contributed by atoms with Crippen molar-refractivity contribution in [3.8, 4) is 5.75 Å². The number of ether oxygens (including phenoxy) is 2. The first-order valence-corrected chi connectivity index (χ1v) is 7.24. The van der Waals surface area contributed by atoms with E-state index in [0.29, 0.717) is 11.4 Å². The van der Waals surface area contributed by atoms with Crippen molar-refractivity contribution in [2.45, 2.75) is 51.9 Å². The predicted molar refractivity (Wildman–Crippen MR) is 84.0 cm³/mol. The van der Waals surface area contributed by atoms with Crippen LogP contribution in [0.3, 0.4) is 0 Å². The predicted octanol–water partition coefficient (Wildman–Crippen LogP) is 3.02. The van der Waals surface area contributed by atoms with Gasteiger partial charge in [-0.1, -0.05) is 0 Å². The summed E-state index contributed by atoms with van der Waals surface area (Å²) < 4.78 is 11.0. The van der Waals surface area contributed by atoms with Gasteiger partial charge in [-0.15, -0.1) is 0 Å². The fourth-order valence-corrected chi connectivity index (χ4v) is 2.45. The third-order valence-electron chi connectivity index (χ3n) is 3.67. The third kappa shape index (κ3) is 3.88. The van der Waals surface area contributed by atoms with E-state index < -0.39 is 6.10 Å². The highest BCUT2D eigenvalue weighted by Crippen LogP contribution is 2.32. The normalized spacial score (nSPS) is 19.3. The van der Waals surface area contributed by atoms with Gasteiger partial charge in [0, 0.05) is 18.8 Å². The van der Waals surface area contributed by atoms with Crippen LogP contribution in [0.2, 0.25) is 0 Å². The monoisotopic (exact) mass is 292 g/mol. The number of anilines is 2. The zero-order valence-electron chi connectivity index (χ0n) is 13.3. The zero-order chi connectivity index (χ0) is 15.6. The molecular formula is C16H24N2O3. The first-order chi connectivity index (χ1) is 9.80. The molecule has 1 amide bonds. The molecule has 0 bridgehead atoms. The Morgan fingerprint density at radius 1 is 1.48 bits per heavy atom. The summed E-state index contributed by atoms with van der Waals surface area (Å²) in [6.45, 7) is 7.97. The molecule has 116 valence electrons. The molecule has 0 radical (unpaired) electrons. The largest absolute Gasteiger partial charge is 0.479 e. The molecule has 5 nitrogen and oxygen atoms in total. The topological polar surface area (TPSA) is 59.6 Å². The van der Waals surface area contributed by atoms with Crippen molar-refractivity contribution in [1.82, 2.24) is 0 Å². The van der Waals surface area contributed by atoms with Crippen molar-refractivity contribution in [3.05, 3.63) is 18.2 Å². The minimum atomic E-state index is -0.447. The molecule has 0 aliphatic carbocycles. The van der Waals surface area contributed by atoms with E-state index in [1.54, 1.807) is 14.0 Å². The molecule has 0 aromatic heterocycles. The van der Waals surface area contributed by atoms with Crippen LogP contribution in [0, 0.1) is 0 Å². The highest BCUT2D eigenvalue weighted by Gasteiger charge is 2.24. The molecule has 2 unspecified atom stereocenters.